The minimum Gasteiger partial charge on any atom is -0.496 e. The zero-order valence-corrected chi connectivity index (χ0v) is 15.1. The van der Waals surface area contributed by atoms with E-state index < -0.39 is 0 Å². The number of ether oxygens (including phenoxy) is 1. The predicted octanol–water partition coefficient (Wildman–Crippen LogP) is 3.20. The zero-order valence-electron chi connectivity index (χ0n) is 14.3. The van der Waals surface area contributed by atoms with Crippen LogP contribution in [0.2, 0.25) is 0 Å². The highest BCUT2D eigenvalue weighted by Gasteiger charge is 2.25. The Bertz CT molecular complexity index is 664. The summed E-state index contributed by atoms with van der Waals surface area (Å²) in [6, 6.07) is 12.5. The van der Waals surface area contributed by atoms with Crippen LogP contribution in [0.1, 0.15) is 23.4 Å². The molecule has 0 N–H and O–H groups in total. The Kier molecular flexibility index (Phi) is 5.53. The van der Waals surface area contributed by atoms with Gasteiger partial charge in [0.1, 0.15) is 5.75 Å². The smallest absolute Gasteiger partial charge is 0.227 e. The van der Waals surface area contributed by atoms with Crippen LogP contribution in [0.15, 0.2) is 41.8 Å². The maximum atomic E-state index is 12.6. The normalized spacial score (nSPS) is 16.8. The van der Waals surface area contributed by atoms with Crippen LogP contribution >= 0.6 is 11.3 Å². The maximum Gasteiger partial charge on any atom is 0.227 e. The molecular formula is C19H24N2O2S. The Hall–Kier alpha value is -1.85. The standard InChI is InChI=1S/C19H24N2O2S/c1-15(18-8-5-13-24-18)20-9-11-21(12-10-20)19(22)14-16-6-3-4-7-17(16)23-2/h3-8,13,15H,9-12,14H2,1-2H3. The number of carbonyl (C=O) groups is 1. The number of hydrogen-bond acceptors (Lipinski definition) is 4. The molecule has 1 fully saturated rings. The molecule has 5 heteroatoms. The molecule has 0 bridgehead atoms. The molecule has 24 heavy (non-hydrogen) atoms. The Balaban J connectivity index is 1.55. The molecule has 0 saturated carbocycles. The lowest BCUT2D eigenvalue weighted by Crippen LogP contribution is -2.49. The number of hydrogen-bond donors (Lipinski definition) is 0. The van der Waals surface area contributed by atoms with Gasteiger partial charge in [-0.3, -0.25) is 9.69 Å². The van der Waals surface area contributed by atoms with Gasteiger partial charge in [0, 0.05) is 42.7 Å². The second-order valence-corrected chi connectivity index (χ2v) is 7.08. The van der Waals surface area contributed by atoms with Gasteiger partial charge in [-0.2, -0.15) is 0 Å². The first kappa shape index (κ1) is 17.0. The minimum atomic E-state index is 0.183. The fourth-order valence-corrected chi connectivity index (χ4v) is 4.01. The average molecular weight is 344 g/mol. The van der Waals surface area contributed by atoms with Crippen LogP contribution in [0.4, 0.5) is 0 Å². The van der Waals surface area contributed by atoms with Gasteiger partial charge >= 0.3 is 0 Å². The van der Waals surface area contributed by atoms with E-state index in [-0.39, 0.29) is 5.91 Å². The molecule has 1 aromatic carbocycles. The minimum absolute atomic E-state index is 0.183. The second-order valence-electron chi connectivity index (χ2n) is 6.10. The van der Waals surface area contributed by atoms with Gasteiger partial charge in [0.15, 0.2) is 0 Å². The first-order valence-corrected chi connectivity index (χ1v) is 9.24. The molecule has 2 heterocycles. The quantitative estimate of drug-likeness (QED) is 0.835. The van der Waals surface area contributed by atoms with Crippen molar-refractivity contribution in [2.24, 2.45) is 0 Å². The molecule has 1 saturated heterocycles. The summed E-state index contributed by atoms with van der Waals surface area (Å²) in [4.78, 5) is 18.4. The van der Waals surface area contributed by atoms with Gasteiger partial charge in [-0.25, -0.2) is 0 Å². The number of amides is 1. The van der Waals surface area contributed by atoms with Crippen molar-refractivity contribution in [3.05, 3.63) is 52.2 Å². The largest absolute Gasteiger partial charge is 0.496 e. The third-order valence-electron chi connectivity index (χ3n) is 4.70. The highest BCUT2D eigenvalue weighted by Crippen LogP contribution is 2.26. The number of rotatable bonds is 5. The van der Waals surface area contributed by atoms with Crippen molar-refractivity contribution >= 4 is 17.2 Å². The van der Waals surface area contributed by atoms with E-state index in [4.69, 9.17) is 4.74 Å². The lowest BCUT2D eigenvalue weighted by molar-refractivity contribution is -0.132. The van der Waals surface area contributed by atoms with Gasteiger partial charge in [0.2, 0.25) is 5.91 Å². The summed E-state index contributed by atoms with van der Waals surface area (Å²) in [6.07, 6.45) is 0.407. The van der Waals surface area contributed by atoms with E-state index in [0.29, 0.717) is 12.5 Å². The topological polar surface area (TPSA) is 32.8 Å². The number of piperazine rings is 1. The van der Waals surface area contributed by atoms with Gasteiger partial charge in [-0.15, -0.1) is 11.3 Å². The zero-order chi connectivity index (χ0) is 16.9. The summed E-state index contributed by atoms with van der Waals surface area (Å²) >= 11 is 1.80. The third kappa shape index (κ3) is 3.79. The second kappa shape index (κ2) is 7.81. The highest BCUT2D eigenvalue weighted by atomic mass is 32.1. The molecule has 1 amide bonds. The van der Waals surface area contributed by atoms with E-state index >= 15 is 0 Å². The first-order chi connectivity index (χ1) is 11.7. The van der Waals surface area contributed by atoms with E-state index in [1.807, 2.05) is 29.2 Å². The number of benzene rings is 1. The third-order valence-corrected chi connectivity index (χ3v) is 5.75. The monoisotopic (exact) mass is 344 g/mol. The van der Waals surface area contributed by atoms with Crippen LogP contribution in [0.5, 0.6) is 5.75 Å². The fraction of sp³-hybridized carbons (Fsp3) is 0.421. The number of methoxy groups -OCH3 is 1. The molecule has 0 radical (unpaired) electrons. The van der Waals surface area contributed by atoms with Gasteiger partial charge in [0.25, 0.3) is 0 Å². The number of thiophene rings is 1. The number of nitrogens with zero attached hydrogens (tertiary/aromatic N) is 2. The van der Waals surface area contributed by atoms with Crippen LogP contribution in [-0.2, 0) is 11.2 Å². The van der Waals surface area contributed by atoms with Crippen molar-refractivity contribution in [1.82, 2.24) is 9.80 Å². The summed E-state index contributed by atoms with van der Waals surface area (Å²) in [6.45, 7) is 5.69. The molecule has 4 nitrogen and oxygen atoms in total. The molecule has 1 unspecified atom stereocenters. The Morgan fingerprint density at radius 2 is 1.92 bits per heavy atom. The molecule has 1 aliphatic rings. The molecule has 0 aliphatic carbocycles. The van der Waals surface area contributed by atoms with Gasteiger partial charge < -0.3 is 9.64 Å². The van der Waals surface area contributed by atoms with Crippen molar-refractivity contribution in [3.8, 4) is 5.75 Å². The average Bonchev–Trinajstić information content (AvgIpc) is 3.16. The van der Waals surface area contributed by atoms with Crippen LogP contribution in [-0.4, -0.2) is 49.0 Å². The molecular weight excluding hydrogens is 320 g/mol. The first-order valence-electron chi connectivity index (χ1n) is 8.36. The van der Waals surface area contributed by atoms with Crippen LogP contribution in [0, 0.1) is 0 Å². The molecule has 1 aliphatic heterocycles. The van der Waals surface area contributed by atoms with Gasteiger partial charge in [-0.1, -0.05) is 24.3 Å². The van der Waals surface area contributed by atoms with Crippen molar-refractivity contribution in [2.75, 3.05) is 33.3 Å². The Morgan fingerprint density at radius 3 is 2.58 bits per heavy atom. The van der Waals surface area contributed by atoms with Crippen molar-refractivity contribution in [3.63, 3.8) is 0 Å². The van der Waals surface area contributed by atoms with Gasteiger partial charge in [-0.05, 0) is 24.4 Å². The van der Waals surface area contributed by atoms with Crippen molar-refractivity contribution < 1.29 is 9.53 Å². The fourth-order valence-electron chi connectivity index (χ4n) is 3.19. The van der Waals surface area contributed by atoms with E-state index in [1.165, 1.54) is 4.88 Å². The summed E-state index contributed by atoms with van der Waals surface area (Å²) in [5.74, 6) is 0.971. The number of para-hydroxylation sites is 1. The Morgan fingerprint density at radius 1 is 1.17 bits per heavy atom. The maximum absolute atomic E-state index is 12.6. The Labute approximate surface area is 147 Å². The predicted molar refractivity (Wildman–Crippen MR) is 97.6 cm³/mol. The SMILES string of the molecule is COc1ccccc1CC(=O)N1CCN(C(C)c2cccs2)CC1. The summed E-state index contributed by atoms with van der Waals surface area (Å²) in [7, 11) is 1.65. The van der Waals surface area contributed by atoms with Gasteiger partial charge in [0.05, 0.1) is 13.5 Å². The molecule has 1 aromatic heterocycles. The summed E-state index contributed by atoms with van der Waals surface area (Å²) in [5, 5.41) is 2.12. The lowest BCUT2D eigenvalue weighted by Gasteiger charge is -2.37. The molecule has 3 rings (SSSR count). The molecule has 0 spiro atoms. The van der Waals surface area contributed by atoms with Crippen LogP contribution < -0.4 is 4.74 Å². The molecule has 128 valence electrons. The van der Waals surface area contributed by atoms with Crippen LogP contribution in [0.3, 0.4) is 0 Å². The van der Waals surface area contributed by atoms with E-state index in [0.717, 1.165) is 37.5 Å². The van der Waals surface area contributed by atoms with E-state index in [9.17, 15) is 4.79 Å². The highest BCUT2D eigenvalue weighted by molar-refractivity contribution is 7.10. The van der Waals surface area contributed by atoms with E-state index in [2.05, 4.69) is 29.3 Å². The van der Waals surface area contributed by atoms with Crippen molar-refractivity contribution in [1.29, 1.82) is 0 Å². The molecule has 1 atom stereocenters. The van der Waals surface area contributed by atoms with E-state index in [1.54, 1.807) is 18.4 Å². The lowest BCUT2D eigenvalue weighted by atomic mass is 10.1. The molecule has 2 aromatic rings. The number of carbonyl (C=O) groups excluding carboxylic acids is 1. The summed E-state index contributed by atoms with van der Waals surface area (Å²) < 4.78 is 5.35. The van der Waals surface area contributed by atoms with Crippen LogP contribution in [0.25, 0.3) is 0 Å². The van der Waals surface area contributed by atoms with Crippen molar-refractivity contribution in [2.45, 2.75) is 19.4 Å². The summed E-state index contributed by atoms with van der Waals surface area (Å²) in [5.41, 5.74) is 0.958.